The maximum atomic E-state index is 6.34. The smallest absolute Gasteiger partial charge is 0.0253 e. The van der Waals surface area contributed by atoms with Gasteiger partial charge >= 0.3 is 0 Å². The third-order valence-corrected chi connectivity index (χ3v) is 4.73. The first-order chi connectivity index (χ1) is 8.02. The van der Waals surface area contributed by atoms with Crippen molar-refractivity contribution in [2.24, 2.45) is 11.1 Å². The van der Waals surface area contributed by atoms with Crippen molar-refractivity contribution in [3.05, 3.63) is 0 Å². The van der Waals surface area contributed by atoms with Crippen LogP contribution >= 0.6 is 0 Å². The number of nitrogens with zero attached hydrogens (tertiary/aromatic N) is 2. The number of hydrogen-bond acceptors (Lipinski definition) is 3. The summed E-state index contributed by atoms with van der Waals surface area (Å²) in [6.45, 7) is 13.1. The summed E-state index contributed by atoms with van der Waals surface area (Å²) >= 11 is 0. The van der Waals surface area contributed by atoms with Crippen LogP contribution in [-0.2, 0) is 0 Å². The Morgan fingerprint density at radius 1 is 1.18 bits per heavy atom. The molecule has 2 rings (SSSR count). The van der Waals surface area contributed by atoms with Crippen LogP contribution in [0, 0.1) is 5.41 Å². The molecule has 2 N–H and O–H groups in total. The monoisotopic (exact) mass is 239 g/mol. The van der Waals surface area contributed by atoms with Crippen molar-refractivity contribution in [3.63, 3.8) is 0 Å². The van der Waals surface area contributed by atoms with Crippen LogP contribution in [0.3, 0.4) is 0 Å². The van der Waals surface area contributed by atoms with E-state index in [1.54, 1.807) is 0 Å². The van der Waals surface area contributed by atoms with Crippen LogP contribution in [0.2, 0.25) is 0 Å². The maximum Gasteiger partial charge on any atom is 0.0253 e. The summed E-state index contributed by atoms with van der Waals surface area (Å²) in [5.41, 5.74) is 6.83. The molecule has 2 atom stereocenters. The van der Waals surface area contributed by atoms with Crippen LogP contribution in [-0.4, -0.2) is 54.6 Å². The third kappa shape index (κ3) is 3.21. The van der Waals surface area contributed by atoms with E-state index in [4.69, 9.17) is 5.73 Å². The van der Waals surface area contributed by atoms with Crippen LogP contribution in [0.15, 0.2) is 0 Å². The first-order valence-corrected chi connectivity index (χ1v) is 7.24. The summed E-state index contributed by atoms with van der Waals surface area (Å²) in [5, 5.41) is 0. The molecule has 0 bridgehead atoms. The lowest BCUT2D eigenvalue weighted by molar-refractivity contribution is 0.0392. The maximum absolute atomic E-state index is 6.34. The van der Waals surface area contributed by atoms with E-state index in [0.29, 0.717) is 17.5 Å². The first-order valence-electron chi connectivity index (χ1n) is 7.24. The molecule has 0 spiro atoms. The van der Waals surface area contributed by atoms with Crippen LogP contribution in [0.4, 0.5) is 0 Å². The van der Waals surface area contributed by atoms with Crippen molar-refractivity contribution in [1.82, 2.24) is 9.80 Å². The Bertz CT molecular complexity index is 244. The van der Waals surface area contributed by atoms with Crippen LogP contribution < -0.4 is 5.73 Å². The van der Waals surface area contributed by atoms with Crippen LogP contribution in [0.1, 0.15) is 40.0 Å². The molecule has 1 heterocycles. The summed E-state index contributed by atoms with van der Waals surface area (Å²) in [5.74, 6) is 0. The zero-order valence-electron chi connectivity index (χ0n) is 11.8. The van der Waals surface area contributed by atoms with Gasteiger partial charge in [-0.2, -0.15) is 0 Å². The van der Waals surface area contributed by atoms with Crippen molar-refractivity contribution < 1.29 is 0 Å². The fourth-order valence-electron chi connectivity index (χ4n) is 3.38. The van der Waals surface area contributed by atoms with Gasteiger partial charge in [0.2, 0.25) is 0 Å². The van der Waals surface area contributed by atoms with Crippen molar-refractivity contribution >= 4 is 0 Å². The molecule has 1 aliphatic heterocycles. The summed E-state index contributed by atoms with van der Waals surface area (Å²) in [7, 11) is 0. The Balaban J connectivity index is 1.92. The summed E-state index contributed by atoms with van der Waals surface area (Å²) in [6, 6.07) is 1.02. The Kier molecular flexibility index (Phi) is 4.11. The molecule has 2 aliphatic rings. The molecule has 3 heteroatoms. The molecule has 1 aliphatic carbocycles. The minimum atomic E-state index is 0.399. The lowest BCUT2D eigenvalue weighted by Gasteiger charge is -2.47. The Morgan fingerprint density at radius 3 is 2.41 bits per heavy atom. The van der Waals surface area contributed by atoms with Crippen molar-refractivity contribution in [2.75, 3.05) is 32.7 Å². The van der Waals surface area contributed by atoms with Gasteiger partial charge in [-0.1, -0.05) is 20.8 Å². The molecule has 0 aromatic rings. The molecule has 17 heavy (non-hydrogen) atoms. The van der Waals surface area contributed by atoms with Gasteiger partial charge in [-0.3, -0.25) is 4.90 Å². The molecule has 0 radical (unpaired) electrons. The third-order valence-electron chi connectivity index (χ3n) is 4.73. The van der Waals surface area contributed by atoms with Gasteiger partial charge < -0.3 is 10.6 Å². The highest BCUT2D eigenvalue weighted by Gasteiger charge is 2.37. The standard InChI is InChI=1S/C14H29N3/c1-4-16-7-9-17(10-8-16)13-11-14(2,3)6-5-12(13)15/h12-13H,4-11,15H2,1-3H3. The molecule has 1 saturated heterocycles. The van der Waals surface area contributed by atoms with Crippen LogP contribution in [0.25, 0.3) is 0 Å². The van der Waals surface area contributed by atoms with Gasteiger partial charge in [-0.05, 0) is 31.2 Å². The van der Waals surface area contributed by atoms with E-state index in [1.807, 2.05) is 0 Å². The molecule has 0 aromatic heterocycles. The molecular weight excluding hydrogens is 210 g/mol. The van der Waals surface area contributed by atoms with E-state index < -0.39 is 0 Å². The molecule has 2 unspecified atom stereocenters. The quantitative estimate of drug-likeness (QED) is 0.793. The van der Waals surface area contributed by atoms with E-state index in [9.17, 15) is 0 Å². The number of nitrogens with two attached hydrogens (primary N) is 1. The van der Waals surface area contributed by atoms with E-state index in [2.05, 4.69) is 30.6 Å². The molecule has 3 nitrogen and oxygen atoms in total. The van der Waals surface area contributed by atoms with E-state index in [1.165, 1.54) is 52.0 Å². The SMILES string of the molecule is CCN1CCN(C2CC(C)(C)CCC2N)CC1. The number of piperazine rings is 1. The summed E-state index contributed by atoms with van der Waals surface area (Å²) < 4.78 is 0. The van der Waals surface area contributed by atoms with Gasteiger partial charge in [0.15, 0.2) is 0 Å². The molecule has 2 fully saturated rings. The lowest BCUT2D eigenvalue weighted by atomic mass is 9.72. The molecule has 1 saturated carbocycles. The minimum Gasteiger partial charge on any atom is -0.326 e. The van der Waals surface area contributed by atoms with E-state index in [-0.39, 0.29) is 0 Å². The average Bonchev–Trinajstić information content (AvgIpc) is 2.33. The summed E-state index contributed by atoms with van der Waals surface area (Å²) in [4.78, 5) is 5.19. The normalized spacial score (nSPS) is 36.0. The molecule has 100 valence electrons. The largest absolute Gasteiger partial charge is 0.326 e. The highest BCUT2D eigenvalue weighted by Crippen LogP contribution is 2.37. The van der Waals surface area contributed by atoms with Gasteiger partial charge in [0.05, 0.1) is 0 Å². The fraction of sp³-hybridized carbons (Fsp3) is 1.00. The number of hydrogen-bond donors (Lipinski definition) is 1. The zero-order valence-corrected chi connectivity index (χ0v) is 11.8. The predicted molar refractivity (Wildman–Crippen MR) is 73.1 cm³/mol. The average molecular weight is 239 g/mol. The van der Waals surface area contributed by atoms with E-state index in [0.717, 1.165) is 0 Å². The minimum absolute atomic E-state index is 0.399. The zero-order chi connectivity index (χ0) is 12.5. The van der Waals surface area contributed by atoms with Gasteiger partial charge in [0, 0.05) is 38.3 Å². The Labute approximate surface area is 106 Å². The van der Waals surface area contributed by atoms with E-state index >= 15 is 0 Å². The predicted octanol–water partition coefficient (Wildman–Crippen LogP) is 1.53. The lowest BCUT2D eigenvalue weighted by Crippen LogP contribution is -2.58. The molecule has 0 aromatic carbocycles. The van der Waals surface area contributed by atoms with Gasteiger partial charge in [0.1, 0.15) is 0 Å². The van der Waals surface area contributed by atoms with Gasteiger partial charge in [-0.15, -0.1) is 0 Å². The highest BCUT2D eigenvalue weighted by atomic mass is 15.3. The van der Waals surface area contributed by atoms with Gasteiger partial charge in [-0.25, -0.2) is 0 Å². The number of likely N-dealkylation sites (N-methyl/N-ethyl adjacent to an activating group) is 1. The van der Waals surface area contributed by atoms with Gasteiger partial charge in [0.25, 0.3) is 0 Å². The summed E-state index contributed by atoms with van der Waals surface area (Å²) in [6.07, 6.45) is 3.77. The molecular formula is C14H29N3. The second kappa shape index (κ2) is 5.25. The van der Waals surface area contributed by atoms with Crippen LogP contribution in [0.5, 0.6) is 0 Å². The Hall–Kier alpha value is -0.120. The molecule has 0 amide bonds. The fourth-order valence-corrected chi connectivity index (χ4v) is 3.38. The highest BCUT2D eigenvalue weighted by molar-refractivity contribution is 4.94. The Morgan fingerprint density at radius 2 is 1.82 bits per heavy atom. The van der Waals surface area contributed by atoms with Crippen molar-refractivity contribution in [2.45, 2.75) is 52.1 Å². The second-order valence-corrected chi connectivity index (χ2v) is 6.61. The van der Waals surface area contributed by atoms with Crippen molar-refractivity contribution in [3.8, 4) is 0 Å². The topological polar surface area (TPSA) is 32.5 Å². The van der Waals surface area contributed by atoms with Crippen molar-refractivity contribution in [1.29, 1.82) is 0 Å². The second-order valence-electron chi connectivity index (χ2n) is 6.61. The number of rotatable bonds is 2. The first kappa shape index (κ1) is 13.3.